The number of halogens is 3. The van der Waals surface area contributed by atoms with Gasteiger partial charge in [-0.3, -0.25) is 9.69 Å². The minimum absolute atomic E-state index is 0.0209. The van der Waals surface area contributed by atoms with Gasteiger partial charge >= 0.3 is 0 Å². The molecule has 25 heavy (non-hydrogen) atoms. The molecule has 0 aliphatic carbocycles. The van der Waals surface area contributed by atoms with Crippen LogP contribution in [0.2, 0.25) is 0 Å². The minimum atomic E-state index is -0.606. The summed E-state index contributed by atoms with van der Waals surface area (Å²) in [6.45, 7) is 0.991. The van der Waals surface area contributed by atoms with Gasteiger partial charge in [-0.2, -0.15) is 0 Å². The maximum atomic E-state index is 13.5. The van der Waals surface area contributed by atoms with Gasteiger partial charge in [0.1, 0.15) is 17.5 Å². The lowest BCUT2D eigenvalue weighted by atomic mass is 10.1. The van der Waals surface area contributed by atoms with E-state index >= 15 is 0 Å². The van der Waals surface area contributed by atoms with Gasteiger partial charge in [0, 0.05) is 18.7 Å². The van der Waals surface area contributed by atoms with Gasteiger partial charge in [-0.05, 0) is 49.7 Å². The predicted molar refractivity (Wildman–Crippen MR) is 90.7 cm³/mol. The Morgan fingerprint density at radius 1 is 1.00 bits per heavy atom. The van der Waals surface area contributed by atoms with Crippen LogP contribution in [-0.4, -0.2) is 37.5 Å². The normalized spacial score (nSPS) is 10.9. The fourth-order valence-electron chi connectivity index (χ4n) is 2.45. The average Bonchev–Trinajstić information content (AvgIpc) is 2.57. The van der Waals surface area contributed by atoms with Crippen molar-refractivity contribution in [3.05, 3.63) is 71.0 Å². The number of amides is 1. The molecule has 0 aliphatic heterocycles. The number of carbonyl (C=O) groups excluding carboxylic acids is 1. The molecule has 0 spiro atoms. The molecule has 0 bridgehead atoms. The summed E-state index contributed by atoms with van der Waals surface area (Å²) in [6, 6.07) is 9.95. The molecule has 0 aromatic heterocycles. The first kappa shape index (κ1) is 19.0. The van der Waals surface area contributed by atoms with Crippen LogP contribution in [0, 0.1) is 17.5 Å². The van der Waals surface area contributed by atoms with Crippen molar-refractivity contribution in [1.29, 1.82) is 0 Å². The van der Waals surface area contributed by atoms with E-state index in [2.05, 4.69) is 5.32 Å². The molecule has 0 saturated heterocycles. The molecule has 3 nitrogen and oxygen atoms in total. The Morgan fingerprint density at radius 3 is 2.28 bits per heavy atom. The van der Waals surface area contributed by atoms with Crippen molar-refractivity contribution in [3.63, 3.8) is 0 Å². The highest BCUT2D eigenvalue weighted by atomic mass is 19.1. The van der Waals surface area contributed by atoms with Crippen LogP contribution in [0.25, 0.3) is 0 Å². The molecule has 2 rings (SSSR count). The predicted octanol–water partition coefficient (Wildman–Crippen LogP) is 2.94. The number of hydrogen-bond acceptors (Lipinski definition) is 2. The molecule has 2 aromatic rings. The number of nitrogens with one attached hydrogen (secondary N) is 1. The molecule has 2 aromatic carbocycles. The van der Waals surface area contributed by atoms with Crippen LogP contribution >= 0.6 is 0 Å². The first-order chi connectivity index (χ1) is 12.0. The zero-order valence-corrected chi connectivity index (χ0v) is 14.1. The van der Waals surface area contributed by atoms with Crippen LogP contribution in [0.4, 0.5) is 13.2 Å². The smallest absolute Gasteiger partial charge is 0.234 e. The zero-order chi connectivity index (χ0) is 18.2. The first-order valence-corrected chi connectivity index (χ1v) is 8.08. The largest absolute Gasteiger partial charge is 0.355 e. The lowest BCUT2D eigenvalue weighted by molar-refractivity contribution is -0.121. The van der Waals surface area contributed by atoms with E-state index in [1.807, 2.05) is 4.90 Å². The van der Waals surface area contributed by atoms with Crippen LogP contribution in [-0.2, 0) is 17.6 Å². The second kappa shape index (κ2) is 9.22. The topological polar surface area (TPSA) is 32.3 Å². The summed E-state index contributed by atoms with van der Waals surface area (Å²) in [5.41, 5.74) is 0.969. The highest BCUT2D eigenvalue weighted by Crippen LogP contribution is 2.12. The van der Waals surface area contributed by atoms with Crippen molar-refractivity contribution in [2.45, 2.75) is 12.8 Å². The molecular weight excluding hydrogens is 329 g/mol. The Labute approximate surface area is 145 Å². The molecule has 0 heterocycles. The molecule has 0 atom stereocenters. The Balaban J connectivity index is 1.70. The summed E-state index contributed by atoms with van der Waals surface area (Å²) in [6.07, 6.45) is 0.800. The second-order valence-electron chi connectivity index (χ2n) is 5.91. The van der Waals surface area contributed by atoms with Gasteiger partial charge in [-0.25, -0.2) is 13.2 Å². The zero-order valence-electron chi connectivity index (χ0n) is 14.1. The summed E-state index contributed by atoms with van der Waals surface area (Å²) in [5, 5.41) is 2.66. The van der Waals surface area contributed by atoms with Crippen LogP contribution in [0.3, 0.4) is 0 Å². The van der Waals surface area contributed by atoms with E-state index in [9.17, 15) is 18.0 Å². The van der Waals surface area contributed by atoms with Gasteiger partial charge in [0.05, 0.1) is 6.54 Å². The summed E-state index contributed by atoms with van der Waals surface area (Å²) in [5.74, 6) is -1.70. The summed E-state index contributed by atoms with van der Waals surface area (Å²) in [4.78, 5) is 13.7. The summed E-state index contributed by atoms with van der Waals surface area (Å²) >= 11 is 0. The standard InChI is InChI=1S/C19H21F3N2O/c1-24(12-10-14-5-7-15(20)8-6-14)13-19(25)23-11-9-16-17(21)3-2-4-18(16)22/h2-8H,9-13H2,1H3,(H,23,25). The minimum Gasteiger partial charge on any atom is -0.355 e. The lowest BCUT2D eigenvalue weighted by Gasteiger charge is -2.16. The average molecular weight is 350 g/mol. The molecular formula is C19H21F3N2O. The van der Waals surface area contributed by atoms with Gasteiger partial charge < -0.3 is 5.32 Å². The SMILES string of the molecule is CN(CCc1ccc(F)cc1)CC(=O)NCCc1c(F)cccc1F. The van der Waals surface area contributed by atoms with Gasteiger partial charge in [-0.15, -0.1) is 0 Å². The van der Waals surface area contributed by atoms with Crippen molar-refractivity contribution in [2.24, 2.45) is 0 Å². The van der Waals surface area contributed by atoms with Crippen molar-refractivity contribution < 1.29 is 18.0 Å². The molecule has 0 fully saturated rings. The van der Waals surface area contributed by atoms with Gasteiger partial charge in [-0.1, -0.05) is 18.2 Å². The van der Waals surface area contributed by atoms with Crippen LogP contribution in [0.5, 0.6) is 0 Å². The van der Waals surface area contributed by atoms with Gasteiger partial charge in [0.2, 0.25) is 5.91 Å². The molecule has 0 unspecified atom stereocenters. The van der Waals surface area contributed by atoms with Crippen molar-refractivity contribution in [1.82, 2.24) is 10.2 Å². The first-order valence-electron chi connectivity index (χ1n) is 8.08. The third kappa shape index (κ3) is 6.23. The van der Waals surface area contributed by atoms with Crippen molar-refractivity contribution in [2.75, 3.05) is 26.7 Å². The van der Waals surface area contributed by atoms with Crippen molar-refractivity contribution in [3.8, 4) is 0 Å². The molecule has 0 radical (unpaired) electrons. The van der Waals surface area contributed by atoms with Crippen LogP contribution in [0.1, 0.15) is 11.1 Å². The maximum Gasteiger partial charge on any atom is 0.234 e. The van der Waals surface area contributed by atoms with Crippen LogP contribution < -0.4 is 5.32 Å². The highest BCUT2D eigenvalue weighted by Gasteiger charge is 2.10. The summed E-state index contributed by atoms with van der Waals surface area (Å²) < 4.78 is 39.8. The molecule has 6 heteroatoms. The highest BCUT2D eigenvalue weighted by molar-refractivity contribution is 5.77. The maximum absolute atomic E-state index is 13.5. The Morgan fingerprint density at radius 2 is 1.64 bits per heavy atom. The third-order valence-corrected chi connectivity index (χ3v) is 3.87. The number of hydrogen-bond donors (Lipinski definition) is 1. The van der Waals surface area contributed by atoms with E-state index in [4.69, 9.17) is 0 Å². The molecule has 134 valence electrons. The van der Waals surface area contributed by atoms with Gasteiger partial charge in [0.25, 0.3) is 0 Å². The van der Waals surface area contributed by atoms with E-state index in [0.717, 1.165) is 5.56 Å². The molecule has 0 saturated carbocycles. The van der Waals surface area contributed by atoms with Crippen molar-refractivity contribution >= 4 is 5.91 Å². The monoisotopic (exact) mass is 350 g/mol. The van der Waals surface area contributed by atoms with E-state index in [1.165, 1.54) is 30.3 Å². The fraction of sp³-hybridized carbons (Fsp3) is 0.316. The summed E-state index contributed by atoms with van der Waals surface area (Å²) in [7, 11) is 1.81. The van der Waals surface area contributed by atoms with Crippen LogP contribution in [0.15, 0.2) is 42.5 Å². The number of rotatable bonds is 8. The third-order valence-electron chi connectivity index (χ3n) is 3.87. The van der Waals surface area contributed by atoms with E-state index in [-0.39, 0.29) is 36.8 Å². The Kier molecular flexibility index (Phi) is 7.01. The second-order valence-corrected chi connectivity index (χ2v) is 5.91. The Bertz CT molecular complexity index is 684. The quantitative estimate of drug-likeness (QED) is 0.794. The number of likely N-dealkylation sites (N-methyl/N-ethyl adjacent to an activating group) is 1. The molecule has 1 N–H and O–H groups in total. The fourth-order valence-corrected chi connectivity index (χ4v) is 2.45. The Hall–Kier alpha value is -2.34. The lowest BCUT2D eigenvalue weighted by Crippen LogP contribution is -2.37. The molecule has 1 amide bonds. The van der Waals surface area contributed by atoms with Gasteiger partial charge in [0.15, 0.2) is 0 Å². The van der Waals surface area contributed by atoms with E-state index in [0.29, 0.717) is 13.0 Å². The molecule has 0 aliphatic rings. The number of nitrogens with zero attached hydrogens (tertiary/aromatic N) is 1. The number of carbonyl (C=O) groups is 1. The van der Waals surface area contributed by atoms with E-state index in [1.54, 1.807) is 19.2 Å². The van der Waals surface area contributed by atoms with E-state index < -0.39 is 11.6 Å². The number of benzene rings is 2.